The predicted octanol–water partition coefficient (Wildman–Crippen LogP) is -1.96. The summed E-state index contributed by atoms with van der Waals surface area (Å²) in [5.74, 6) is 3.44. The highest BCUT2D eigenvalue weighted by Gasteiger charge is 2.25. The van der Waals surface area contributed by atoms with Crippen LogP contribution < -0.4 is 19.9 Å². The van der Waals surface area contributed by atoms with Crippen LogP contribution in [0.2, 0.25) is 0 Å². The molecule has 1 aliphatic rings. The van der Waals surface area contributed by atoms with E-state index in [0.29, 0.717) is 13.1 Å². The second-order valence-corrected chi connectivity index (χ2v) is 6.15. The lowest BCUT2D eigenvalue weighted by molar-refractivity contribution is -1.02. The third-order valence-corrected chi connectivity index (χ3v) is 4.34. The predicted molar refractivity (Wildman–Crippen MR) is 89.5 cm³/mol. The van der Waals surface area contributed by atoms with E-state index in [1.807, 2.05) is 6.07 Å². The van der Waals surface area contributed by atoms with Crippen molar-refractivity contribution in [2.75, 3.05) is 46.4 Å². The minimum atomic E-state index is 0.0433. The van der Waals surface area contributed by atoms with Crippen molar-refractivity contribution in [2.45, 2.75) is 13.5 Å². The maximum Gasteiger partial charge on any atom is 0.275 e. The first-order valence-electron chi connectivity index (χ1n) is 8.13. The summed E-state index contributed by atoms with van der Waals surface area (Å²) in [4.78, 5) is 14.6. The molecule has 0 saturated carbocycles. The van der Waals surface area contributed by atoms with Gasteiger partial charge in [-0.2, -0.15) is 0 Å². The lowest BCUT2D eigenvalue weighted by Gasteiger charge is -2.29. The maximum absolute atomic E-state index is 11.7. The van der Waals surface area contributed by atoms with Gasteiger partial charge in [0.25, 0.3) is 5.91 Å². The van der Waals surface area contributed by atoms with E-state index in [2.05, 4.69) is 30.3 Å². The van der Waals surface area contributed by atoms with Crippen molar-refractivity contribution in [3.63, 3.8) is 0 Å². The molecule has 0 aliphatic carbocycles. The molecule has 1 aromatic carbocycles. The number of carbonyl (C=O) groups excluding carboxylic acids is 1. The first kappa shape index (κ1) is 17.3. The molecule has 1 fully saturated rings. The number of ether oxygens (including phenoxy) is 1. The molecule has 0 aromatic heterocycles. The maximum atomic E-state index is 11.7. The molecular formula is C18H27N3O2+2. The number of hydrogen-bond donors (Lipinski definition) is 3. The molecule has 0 unspecified atom stereocenters. The lowest BCUT2D eigenvalue weighted by atomic mass is 10.1. The Morgan fingerprint density at radius 1 is 1.30 bits per heavy atom. The van der Waals surface area contributed by atoms with E-state index >= 15 is 0 Å². The van der Waals surface area contributed by atoms with Gasteiger partial charge in [-0.25, -0.2) is 0 Å². The fourth-order valence-corrected chi connectivity index (χ4v) is 3.06. The van der Waals surface area contributed by atoms with Crippen molar-refractivity contribution in [2.24, 2.45) is 0 Å². The minimum absolute atomic E-state index is 0.0433. The molecule has 1 heterocycles. The van der Waals surface area contributed by atoms with Crippen molar-refractivity contribution in [3.8, 4) is 18.1 Å². The van der Waals surface area contributed by atoms with Gasteiger partial charge in [-0.1, -0.05) is 17.6 Å². The smallest absolute Gasteiger partial charge is 0.275 e. The van der Waals surface area contributed by atoms with Gasteiger partial charge in [-0.05, 0) is 19.1 Å². The van der Waals surface area contributed by atoms with Crippen molar-refractivity contribution in [3.05, 3.63) is 29.3 Å². The van der Waals surface area contributed by atoms with Gasteiger partial charge in [0.15, 0.2) is 6.54 Å². The van der Waals surface area contributed by atoms with Crippen LogP contribution in [0.3, 0.4) is 0 Å². The van der Waals surface area contributed by atoms with E-state index in [1.165, 1.54) is 16.0 Å². The largest absolute Gasteiger partial charge is 0.496 e. The van der Waals surface area contributed by atoms with Crippen molar-refractivity contribution < 1.29 is 19.3 Å². The third kappa shape index (κ3) is 5.27. The second-order valence-electron chi connectivity index (χ2n) is 6.15. The van der Waals surface area contributed by atoms with Crippen LogP contribution >= 0.6 is 0 Å². The number of amides is 1. The zero-order valence-corrected chi connectivity index (χ0v) is 14.1. The number of hydrogen-bond acceptors (Lipinski definition) is 2. The van der Waals surface area contributed by atoms with Gasteiger partial charge < -0.3 is 19.9 Å². The topological polar surface area (TPSA) is 47.2 Å². The van der Waals surface area contributed by atoms with Crippen LogP contribution in [-0.2, 0) is 11.3 Å². The second kappa shape index (κ2) is 8.56. The molecule has 0 spiro atoms. The monoisotopic (exact) mass is 317 g/mol. The molecule has 0 bridgehead atoms. The number of terminal acetylenes is 1. The van der Waals surface area contributed by atoms with E-state index in [1.54, 1.807) is 12.0 Å². The van der Waals surface area contributed by atoms with E-state index < -0.39 is 0 Å². The number of benzene rings is 1. The van der Waals surface area contributed by atoms with E-state index in [9.17, 15) is 4.79 Å². The molecule has 1 aromatic rings. The van der Waals surface area contributed by atoms with Gasteiger partial charge >= 0.3 is 0 Å². The highest BCUT2D eigenvalue weighted by molar-refractivity contribution is 5.77. The fourth-order valence-electron chi connectivity index (χ4n) is 3.06. The van der Waals surface area contributed by atoms with E-state index in [0.717, 1.165) is 38.5 Å². The molecule has 0 radical (unpaired) electrons. The van der Waals surface area contributed by atoms with Gasteiger partial charge in [-0.15, -0.1) is 6.42 Å². The Balaban J connectivity index is 1.82. The quantitative estimate of drug-likeness (QED) is 0.534. The Bertz CT molecular complexity index is 572. The average Bonchev–Trinajstić information content (AvgIpc) is 2.55. The summed E-state index contributed by atoms with van der Waals surface area (Å²) in [7, 11) is 1.72. The van der Waals surface area contributed by atoms with Crippen LogP contribution in [0.5, 0.6) is 5.75 Å². The number of carbonyl (C=O) groups is 1. The van der Waals surface area contributed by atoms with Gasteiger partial charge in [0.05, 0.1) is 13.7 Å². The SMILES string of the molecule is C#CCNC(=O)C[NH+]1CC[NH+](Cc2cc(C)ccc2OC)CC1. The summed E-state index contributed by atoms with van der Waals surface area (Å²) in [6.45, 7) is 8.06. The van der Waals surface area contributed by atoms with Crippen LogP contribution in [0.4, 0.5) is 0 Å². The van der Waals surface area contributed by atoms with Gasteiger partial charge in [-0.3, -0.25) is 4.79 Å². The summed E-state index contributed by atoms with van der Waals surface area (Å²) < 4.78 is 5.47. The number of piperazine rings is 1. The Morgan fingerprint density at radius 2 is 2.00 bits per heavy atom. The van der Waals surface area contributed by atoms with Crippen LogP contribution in [0.1, 0.15) is 11.1 Å². The Hall–Kier alpha value is -2.03. The molecule has 1 saturated heterocycles. The van der Waals surface area contributed by atoms with Crippen LogP contribution in [0, 0.1) is 19.3 Å². The van der Waals surface area contributed by atoms with Crippen molar-refractivity contribution in [1.82, 2.24) is 5.32 Å². The first-order valence-corrected chi connectivity index (χ1v) is 8.13. The minimum Gasteiger partial charge on any atom is -0.496 e. The van der Waals surface area contributed by atoms with E-state index in [-0.39, 0.29) is 5.91 Å². The van der Waals surface area contributed by atoms with Crippen molar-refractivity contribution in [1.29, 1.82) is 0 Å². The molecule has 1 aliphatic heterocycles. The zero-order chi connectivity index (χ0) is 16.7. The summed E-state index contributed by atoms with van der Waals surface area (Å²) in [5.41, 5.74) is 2.52. The van der Waals surface area contributed by atoms with Crippen molar-refractivity contribution >= 4 is 5.91 Å². The third-order valence-electron chi connectivity index (χ3n) is 4.34. The fraction of sp³-hybridized carbons (Fsp3) is 0.500. The number of rotatable bonds is 6. The zero-order valence-electron chi connectivity index (χ0n) is 14.1. The summed E-state index contributed by atoms with van der Waals surface area (Å²) >= 11 is 0. The standard InChI is InChI=1S/C18H25N3O2/c1-4-7-19-18(22)14-21-10-8-20(9-11-21)13-16-12-15(2)5-6-17(16)23-3/h1,5-6,12H,7-11,13-14H2,2-3H3,(H,19,22)/p+2. The number of nitrogens with one attached hydrogen (secondary N) is 3. The molecular weight excluding hydrogens is 290 g/mol. The van der Waals surface area contributed by atoms with Gasteiger partial charge in [0, 0.05) is 5.56 Å². The van der Waals surface area contributed by atoms with Crippen LogP contribution in [-0.4, -0.2) is 52.3 Å². The Kier molecular flexibility index (Phi) is 6.45. The Labute approximate surface area is 138 Å². The highest BCUT2D eigenvalue weighted by Crippen LogP contribution is 2.18. The summed E-state index contributed by atoms with van der Waals surface area (Å²) in [6, 6.07) is 6.33. The average molecular weight is 317 g/mol. The molecule has 3 N–H and O–H groups in total. The van der Waals surface area contributed by atoms with Crippen LogP contribution in [0.25, 0.3) is 0 Å². The molecule has 5 heteroatoms. The number of aryl methyl sites for hydroxylation is 1. The summed E-state index contributed by atoms with van der Waals surface area (Å²) in [5, 5.41) is 2.73. The molecule has 23 heavy (non-hydrogen) atoms. The van der Waals surface area contributed by atoms with E-state index in [4.69, 9.17) is 11.2 Å². The number of quaternary nitrogens is 2. The molecule has 124 valence electrons. The van der Waals surface area contributed by atoms with Gasteiger partial charge in [0.1, 0.15) is 38.5 Å². The lowest BCUT2D eigenvalue weighted by Crippen LogP contribution is -3.28. The molecule has 0 atom stereocenters. The molecule has 1 amide bonds. The molecule has 5 nitrogen and oxygen atoms in total. The normalized spacial score (nSPS) is 20.6. The number of methoxy groups -OCH3 is 1. The highest BCUT2D eigenvalue weighted by atomic mass is 16.5. The molecule has 2 rings (SSSR count). The first-order chi connectivity index (χ1) is 11.1. The van der Waals surface area contributed by atoms with Gasteiger partial charge in [0.2, 0.25) is 0 Å². The summed E-state index contributed by atoms with van der Waals surface area (Å²) in [6.07, 6.45) is 5.15. The Morgan fingerprint density at radius 3 is 2.65 bits per heavy atom. The van der Waals surface area contributed by atoms with Crippen LogP contribution in [0.15, 0.2) is 18.2 Å².